The van der Waals surface area contributed by atoms with Gasteiger partial charge in [-0.15, -0.1) is 0 Å². The Labute approximate surface area is 118 Å². The molecule has 2 nitrogen and oxygen atoms in total. The van der Waals surface area contributed by atoms with Crippen molar-refractivity contribution in [3.05, 3.63) is 35.4 Å². The molecule has 1 atom stereocenters. The summed E-state index contributed by atoms with van der Waals surface area (Å²) in [5.74, 6) is 1.21. The largest absolute Gasteiger partial charge is 0.324 e. The second kappa shape index (κ2) is 6.06. The van der Waals surface area contributed by atoms with Crippen LogP contribution in [0.5, 0.6) is 0 Å². The lowest BCUT2D eigenvalue weighted by Crippen LogP contribution is -2.46. The van der Waals surface area contributed by atoms with E-state index in [1.54, 1.807) is 0 Å². The van der Waals surface area contributed by atoms with Gasteiger partial charge in [0.2, 0.25) is 0 Å². The highest BCUT2D eigenvalue weighted by Gasteiger charge is 2.34. The number of benzene rings is 1. The molecular formula is C17H30N2. The van der Waals surface area contributed by atoms with E-state index in [1.165, 1.54) is 11.1 Å². The Morgan fingerprint density at radius 3 is 1.89 bits per heavy atom. The first-order valence-electron chi connectivity index (χ1n) is 7.36. The Balaban J connectivity index is 3.24. The average Bonchev–Trinajstić information content (AvgIpc) is 2.36. The summed E-state index contributed by atoms with van der Waals surface area (Å²) in [5, 5.41) is 0. The van der Waals surface area contributed by atoms with Crippen molar-refractivity contribution in [2.45, 2.75) is 53.1 Å². The molecule has 19 heavy (non-hydrogen) atoms. The van der Waals surface area contributed by atoms with E-state index in [0.29, 0.717) is 17.8 Å². The number of hydrogen-bond donors (Lipinski definition) is 2. The zero-order valence-electron chi connectivity index (χ0n) is 13.3. The van der Waals surface area contributed by atoms with Crippen molar-refractivity contribution in [3.63, 3.8) is 0 Å². The molecule has 1 unspecified atom stereocenters. The fourth-order valence-electron chi connectivity index (χ4n) is 2.73. The molecule has 4 N–H and O–H groups in total. The van der Waals surface area contributed by atoms with Gasteiger partial charge in [0.05, 0.1) is 0 Å². The van der Waals surface area contributed by atoms with Gasteiger partial charge in [-0.25, -0.2) is 0 Å². The second-order valence-electron chi connectivity index (χ2n) is 6.64. The molecule has 0 bridgehead atoms. The summed E-state index contributed by atoms with van der Waals surface area (Å²) < 4.78 is 0. The van der Waals surface area contributed by atoms with Gasteiger partial charge in [-0.2, -0.15) is 0 Å². The Morgan fingerprint density at radius 2 is 1.47 bits per heavy atom. The predicted molar refractivity (Wildman–Crippen MR) is 83.7 cm³/mol. The van der Waals surface area contributed by atoms with Crippen LogP contribution in [0.3, 0.4) is 0 Å². The lowest BCUT2D eigenvalue weighted by molar-refractivity contribution is 0.227. The second-order valence-corrected chi connectivity index (χ2v) is 6.64. The highest BCUT2D eigenvalue weighted by Crippen LogP contribution is 2.35. The van der Waals surface area contributed by atoms with E-state index in [4.69, 9.17) is 11.5 Å². The van der Waals surface area contributed by atoms with Crippen molar-refractivity contribution < 1.29 is 0 Å². The third-order valence-electron chi connectivity index (χ3n) is 4.40. The van der Waals surface area contributed by atoms with Gasteiger partial charge < -0.3 is 11.5 Å². The third kappa shape index (κ3) is 3.18. The molecule has 108 valence electrons. The van der Waals surface area contributed by atoms with Crippen LogP contribution in [-0.2, 0) is 5.54 Å². The van der Waals surface area contributed by atoms with Crippen LogP contribution in [0.25, 0.3) is 0 Å². The fraction of sp³-hybridized carbons (Fsp3) is 0.647. The van der Waals surface area contributed by atoms with E-state index in [0.717, 1.165) is 0 Å². The first-order valence-corrected chi connectivity index (χ1v) is 7.36. The van der Waals surface area contributed by atoms with Crippen molar-refractivity contribution >= 4 is 0 Å². The first-order chi connectivity index (χ1) is 8.71. The molecule has 0 aromatic heterocycles. The van der Waals surface area contributed by atoms with E-state index in [9.17, 15) is 0 Å². The molecular weight excluding hydrogens is 232 g/mol. The molecule has 0 radical (unpaired) electrons. The Kier molecular flexibility index (Phi) is 5.17. The molecule has 0 aliphatic heterocycles. The molecule has 1 aromatic rings. The maximum absolute atomic E-state index is 6.71. The molecule has 2 heteroatoms. The monoisotopic (exact) mass is 262 g/mol. The minimum Gasteiger partial charge on any atom is -0.324 e. The van der Waals surface area contributed by atoms with Gasteiger partial charge in [0.25, 0.3) is 0 Å². The van der Waals surface area contributed by atoms with E-state index in [-0.39, 0.29) is 11.6 Å². The summed E-state index contributed by atoms with van der Waals surface area (Å²) in [5.41, 5.74) is 15.1. The molecule has 1 aromatic carbocycles. The minimum absolute atomic E-state index is 0.0727. The summed E-state index contributed by atoms with van der Waals surface area (Å²) in [6, 6.07) is 8.60. The molecule has 0 saturated carbocycles. The van der Waals surface area contributed by atoms with E-state index in [2.05, 4.69) is 65.8 Å². The standard InChI is InChI=1S/C17H30N2/c1-11(2)16(18)14-8-7-9-15(10-14)17(19,12(3)4)13(5)6/h7-13,16H,18-19H2,1-6H3. The molecule has 0 saturated heterocycles. The Bertz CT molecular complexity index is 399. The third-order valence-corrected chi connectivity index (χ3v) is 4.40. The molecule has 0 amide bonds. The predicted octanol–water partition coefficient (Wildman–Crippen LogP) is 3.81. The average molecular weight is 262 g/mol. The van der Waals surface area contributed by atoms with E-state index >= 15 is 0 Å². The van der Waals surface area contributed by atoms with Gasteiger partial charge >= 0.3 is 0 Å². The maximum atomic E-state index is 6.71. The van der Waals surface area contributed by atoms with Crippen molar-refractivity contribution in [2.24, 2.45) is 29.2 Å². The van der Waals surface area contributed by atoms with Gasteiger partial charge in [0.15, 0.2) is 0 Å². The Morgan fingerprint density at radius 1 is 0.947 bits per heavy atom. The van der Waals surface area contributed by atoms with Crippen LogP contribution in [-0.4, -0.2) is 0 Å². The zero-order valence-corrected chi connectivity index (χ0v) is 13.3. The maximum Gasteiger partial charge on any atom is 0.0456 e. The van der Waals surface area contributed by atoms with Crippen LogP contribution < -0.4 is 11.5 Å². The van der Waals surface area contributed by atoms with E-state index in [1.807, 2.05) is 0 Å². The van der Waals surface area contributed by atoms with Crippen molar-refractivity contribution in [1.82, 2.24) is 0 Å². The van der Waals surface area contributed by atoms with Crippen LogP contribution in [0.15, 0.2) is 24.3 Å². The lowest BCUT2D eigenvalue weighted by atomic mass is 9.72. The SMILES string of the molecule is CC(C)C(N)c1cccc(C(N)(C(C)C)C(C)C)c1. The topological polar surface area (TPSA) is 52.0 Å². The molecule has 0 aliphatic carbocycles. The number of rotatable bonds is 5. The van der Waals surface area contributed by atoms with E-state index < -0.39 is 0 Å². The van der Waals surface area contributed by atoms with Gasteiger partial charge in [0.1, 0.15) is 0 Å². The fourth-order valence-corrected chi connectivity index (χ4v) is 2.73. The normalized spacial score (nSPS) is 14.5. The molecule has 0 fully saturated rings. The van der Waals surface area contributed by atoms with Crippen LogP contribution in [0.1, 0.15) is 58.7 Å². The van der Waals surface area contributed by atoms with Crippen molar-refractivity contribution in [3.8, 4) is 0 Å². The quantitative estimate of drug-likeness (QED) is 0.848. The van der Waals surface area contributed by atoms with Gasteiger partial charge in [-0.05, 0) is 28.9 Å². The van der Waals surface area contributed by atoms with Crippen LogP contribution in [0.4, 0.5) is 0 Å². The lowest BCUT2D eigenvalue weighted by Gasteiger charge is -2.38. The van der Waals surface area contributed by atoms with Crippen molar-refractivity contribution in [1.29, 1.82) is 0 Å². The van der Waals surface area contributed by atoms with Crippen LogP contribution >= 0.6 is 0 Å². The van der Waals surface area contributed by atoms with Crippen molar-refractivity contribution in [2.75, 3.05) is 0 Å². The number of nitrogens with two attached hydrogens (primary N) is 2. The Hall–Kier alpha value is -0.860. The minimum atomic E-state index is -0.299. The summed E-state index contributed by atoms with van der Waals surface area (Å²) >= 11 is 0. The van der Waals surface area contributed by atoms with Gasteiger partial charge in [0, 0.05) is 11.6 Å². The van der Waals surface area contributed by atoms with Crippen LogP contribution in [0, 0.1) is 17.8 Å². The molecule has 0 aliphatic rings. The highest BCUT2D eigenvalue weighted by atomic mass is 14.8. The number of hydrogen-bond acceptors (Lipinski definition) is 2. The molecule has 0 spiro atoms. The van der Waals surface area contributed by atoms with Gasteiger partial charge in [-0.3, -0.25) is 0 Å². The summed E-state index contributed by atoms with van der Waals surface area (Å²) in [6.45, 7) is 13.1. The van der Waals surface area contributed by atoms with Crippen LogP contribution in [0.2, 0.25) is 0 Å². The summed E-state index contributed by atoms with van der Waals surface area (Å²) in [6.07, 6.45) is 0. The summed E-state index contributed by atoms with van der Waals surface area (Å²) in [4.78, 5) is 0. The summed E-state index contributed by atoms with van der Waals surface area (Å²) in [7, 11) is 0. The smallest absolute Gasteiger partial charge is 0.0456 e. The molecule has 0 heterocycles. The zero-order chi connectivity index (χ0) is 14.8. The highest BCUT2D eigenvalue weighted by molar-refractivity contribution is 5.32. The molecule has 1 rings (SSSR count). The first kappa shape index (κ1) is 16.2. The van der Waals surface area contributed by atoms with Gasteiger partial charge in [-0.1, -0.05) is 65.8 Å².